The summed E-state index contributed by atoms with van der Waals surface area (Å²) in [5.74, 6) is 0.824. The van der Waals surface area contributed by atoms with Gasteiger partial charge in [-0.1, -0.05) is 44.9 Å². The molecule has 0 spiro atoms. The summed E-state index contributed by atoms with van der Waals surface area (Å²) in [6, 6.07) is 6.58. The molecular formula is C19H29NO4S. The van der Waals surface area contributed by atoms with Crippen LogP contribution in [0.1, 0.15) is 45.6 Å². The van der Waals surface area contributed by atoms with Crippen molar-refractivity contribution in [1.82, 2.24) is 5.32 Å². The van der Waals surface area contributed by atoms with Gasteiger partial charge in [-0.3, -0.25) is 0 Å². The summed E-state index contributed by atoms with van der Waals surface area (Å²) in [7, 11) is -3.57. The Morgan fingerprint density at radius 3 is 2.48 bits per heavy atom. The molecule has 1 aliphatic carbocycles. The van der Waals surface area contributed by atoms with Gasteiger partial charge < -0.3 is 10.1 Å². The van der Waals surface area contributed by atoms with Crippen molar-refractivity contribution in [2.45, 2.75) is 58.0 Å². The van der Waals surface area contributed by atoms with Gasteiger partial charge in [0.05, 0.1) is 4.90 Å². The zero-order valence-electron chi connectivity index (χ0n) is 15.5. The highest BCUT2D eigenvalue weighted by molar-refractivity contribution is 7.91. The summed E-state index contributed by atoms with van der Waals surface area (Å²) in [6.45, 7) is 8.32. The molecule has 1 fully saturated rings. The number of rotatable bonds is 5. The van der Waals surface area contributed by atoms with Crippen molar-refractivity contribution >= 4 is 15.9 Å². The van der Waals surface area contributed by atoms with E-state index >= 15 is 0 Å². The highest BCUT2D eigenvalue weighted by atomic mass is 32.2. The quantitative estimate of drug-likeness (QED) is 0.856. The number of aryl methyl sites for hydroxylation is 1. The first-order valence-electron chi connectivity index (χ1n) is 8.93. The topological polar surface area (TPSA) is 72.5 Å². The van der Waals surface area contributed by atoms with Crippen LogP contribution in [0, 0.1) is 24.7 Å². The van der Waals surface area contributed by atoms with Crippen LogP contribution >= 0.6 is 0 Å². The second-order valence-electron chi connectivity index (χ2n) is 7.52. The van der Waals surface area contributed by atoms with Gasteiger partial charge in [0.2, 0.25) is 0 Å². The molecule has 1 saturated carbocycles. The van der Waals surface area contributed by atoms with Crippen LogP contribution in [0.15, 0.2) is 29.2 Å². The van der Waals surface area contributed by atoms with Gasteiger partial charge in [0.1, 0.15) is 12.0 Å². The Bertz CT molecular complexity index is 682. The monoisotopic (exact) mass is 367 g/mol. The zero-order chi connectivity index (χ0) is 18.6. The lowest BCUT2D eigenvalue weighted by Gasteiger charge is -2.36. The number of sulfone groups is 1. The molecule has 0 unspecified atom stereocenters. The fourth-order valence-corrected chi connectivity index (χ4v) is 4.44. The highest BCUT2D eigenvalue weighted by Crippen LogP contribution is 2.35. The first-order valence-corrected chi connectivity index (χ1v) is 10.6. The van der Waals surface area contributed by atoms with Crippen molar-refractivity contribution < 1.29 is 17.9 Å². The normalized spacial score (nSPS) is 24.1. The van der Waals surface area contributed by atoms with Crippen molar-refractivity contribution in [1.29, 1.82) is 0 Å². The van der Waals surface area contributed by atoms with E-state index in [4.69, 9.17) is 4.74 Å². The van der Waals surface area contributed by atoms with Crippen molar-refractivity contribution in [2.24, 2.45) is 17.8 Å². The van der Waals surface area contributed by atoms with Gasteiger partial charge in [0.25, 0.3) is 0 Å². The molecule has 140 valence electrons. The Kier molecular flexibility index (Phi) is 6.49. The third-order valence-corrected chi connectivity index (χ3v) is 6.52. The van der Waals surface area contributed by atoms with Gasteiger partial charge in [-0.15, -0.1) is 0 Å². The van der Waals surface area contributed by atoms with Gasteiger partial charge in [0, 0.05) is 0 Å². The molecule has 1 N–H and O–H groups in total. The van der Waals surface area contributed by atoms with Crippen LogP contribution in [0.5, 0.6) is 0 Å². The molecule has 0 aliphatic heterocycles. The van der Waals surface area contributed by atoms with E-state index in [0.29, 0.717) is 17.8 Å². The molecule has 5 nitrogen and oxygen atoms in total. The zero-order valence-corrected chi connectivity index (χ0v) is 16.3. The molecule has 6 heteroatoms. The first kappa shape index (κ1) is 19.8. The molecule has 0 bridgehead atoms. The number of ether oxygens (including phenoxy) is 1. The van der Waals surface area contributed by atoms with E-state index in [9.17, 15) is 13.2 Å². The smallest absolute Gasteiger partial charge is 0.408 e. The van der Waals surface area contributed by atoms with E-state index in [0.717, 1.165) is 24.8 Å². The number of carbonyl (C=O) groups is 1. The van der Waals surface area contributed by atoms with Gasteiger partial charge in [0.15, 0.2) is 9.84 Å². The lowest BCUT2D eigenvalue weighted by Crippen LogP contribution is -2.40. The number of hydrogen-bond donors (Lipinski definition) is 1. The molecule has 1 aliphatic rings. The van der Waals surface area contributed by atoms with E-state index in [1.165, 1.54) is 0 Å². The Morgan fingerprint density at radius 1 is 1.24 bits per heavy atom. The summed E-state index contributed by atoms with van der Waals surface area (Å²) < 4.78 is 30.2. The number of nitrogens with one attached hydrogen (secondary N) is 1. The van der Waals surface area contributed by atoms with Gasteiger partial charge in [-0.05, 0) is 49.7 Å². The minimum absolute atomic E-state index is 0.147. The molecule has 25 heavy (non-hydrogen) atoms. The van der Waals surface area contributed by atoms with Crippen LogP contribution in [0.3, 0.4) is 0 Å². The molecular weight excluding hydrogens is 338 g/mol. The van der Waals surface area contributed by atoms with Gasteiger partial charge in [-0.2, -0.15) is 0 Å². The number of amides is 1. The standard InChI is InChI=1S/C19H29NO4S/c1-13(2)17-10-7-15(4)11-18(17)24-19(21)20-12-25(22,23)16-8-5-14(3)6-9-16/h5-6,8-9,13,15,17-18H,7,10-12H2,1-4H3,(H,20,21)/t15-,17+,18-/m1/s1. The van der Waals surface area contributed by atoms with Crippen molar-refractivity contribution in [3.63, 3.8) is 0 Å². The Hall–Kier alpha value is -1.56. The summed E-state index contributed by atoms with van der Waals surface area (Å²) in [6.07, 6.45) is 2.22. The predicted octanol–water partition coefficient (Wildman–Crippen LogP) is 3.91. The van der Waals surface area contributed by atoms with Gasteiger partial charge in [-0.25, -0.2) is 13.2 Å². The van der Waals surface area contributed by atoms with Crippen LogP contribution < -0.4 is 5.32 Å². The maximum absolute atomic E-state index is 12.3. The predicted molar refractivity (Wildman–Crippen MR) is 98.0 cm³/mol. The first-order chi connectivity index (χ1) is 11.7. The highest BCUT2D eigenvalue weighted by Gasteiger charge is 2.33. The lowest BCUT2D eigenvalue weighted by molar-refractivity contribution is 0.00677. The van der Waals surface area contributed by atoms with Crippen molar-refractivity contribution in [3.8, 4) is 0 Å². The second kappa shape index (κ2) is 8.21. The second-order valence-corrected chi connectivity index (χ2v) is 9.51. The fourth-order valence-electron chi connectivity index (χ4n) is 3.41. The molecule has 0 heterocycles. The van der Waals surface area contributed by atoms with Crippen LogP contribution in [0.25, 0.3) is 0 Å². The van der Waals surface area contributed by atoms with E-state index in [1.807, 2.05) is 6.92 Å². The molecule has 3 atom stereocenters. The van der Waals surface area contributed by atoms with E-state index < -0.39 is 21.8 Å². The number of carbonyl (C=O) groups excluding carboxylic acids is 1. The maximum atomic E-state index is 12.3. The molecule has 1 aromatic carbocycles. The average Bonchev–Trinajstić information content (AvgIpc) is 2.53. The molecule has 1 aromatic rings. The Morgan fingerprint density at radius 2 is 1.88 bits per heavy atom. The van der Waals surface area contributed by atoms with Crippen LogP contribution in [0.2, 0.25) is 0 Å². The molecule has 0 saturated heterocycles. The van der Waals surface area contributed by atoms with Crippen LogP contribution in [-0.4, -0.2) is 26.5 Å². The Labute approximate surface area is 151 Å². The summed E-state index contributed by atoms with van der Waals surface area (Å²) in [4.78, 5) is 12.3. The summed E-state index contributed by atoms with van der Waals surface area (Å²) >= 11 is 0. The fraction of sp³-hybridized carbons (Fsp3) is 0.632. The molecule has 0 radical (unpaired) electrons. The van der Waals surface area contributed by atoms with E-state index in [-0.39, 0.29) is 11.0 Å². The van der Waals surface area contributed by atoms with Crippen molar-refractivity contribution in [3.05, 3.63) is 29.8 Å². The SMILES string of the molecule is Cc1ccc(S(=O)(=O)CNC(=O)O[C@@H]2C[C@H](C)CC[C@H]2C(C)C)cc1. The van der Waals surface area contributed by atoms with Crippen LogP contribution in [-0.2, 0) is 14.6 Å². The number of hydrogen-bond acceptors (Lipinski definition) is 4. The average molecular weight is 368 g/mol. The minimum atomic E-state index is -3.57. The van der Waals surface area contributed by atoms with Gasteiger partial charge >= 0.3 is 6.09 Å². The van der Waals surface area contributed by atoms with Crippen LogP contribution in [0.4, 0.5) is 4.79 Å². The van der Waals surface area contributed by atoms with E-state index in [1.54, 1.807) is 24.3 Å². The Balaban J connectivity index is 1.94. The lowest BCUT2D eigenvalue weighted by atomic mass is 9.75. The maximum Gasteiger partial charge on any atom is 0.408 e. The largest absolute Gasteiger partial charge is 0.446 e. The number of alkyl carbamates (subject to hydrolysis) is 1. The molecule has 2 rings (SSSR count). The van der Waals surface area contributed by atoms with Crippen molar-refractivity contribution in [2.75, 3.05) is 5.88 Å². The molecule has 0 aromatic heterocycles. The third-order valence-electron chi connectivity index (χ3n) is 5.01. The summed E-state index contributed by atoms with van der Waals surface area (Å²) in [5, 5.41) is 2.41. The van der Waals surface area contributed by atoms with E-state index in [2.05, 4.69) is 26.1 Å². The minimum Gasteiger partial charge on any atom is -0.446 e. The summed E-state index contributed by atoms with van der Waals surface area (Å²) in [5.41, 5.74) is 0.984. The number of benzene rings is 1. The molecule has 1 amide bonds. The third kappa shape index (κ3) is 5.46.